The first kappa shape index (κ1) is 24.3. The second-order valence-corrected chi connectivity index (χ2v) is 12.8. The molecule has 190 valence electrons. The van der Waals surface area contributed by atoms with Crippen LogP contribution in [0.5, 0.6) is 5.75 Å². The number of allylic oxidation sites excluding steroid dienone is 2. The lowest BCUT2D eigenvalue weighted by Crippen LogP contribution is -2.27. The number of hydrogen-bond donors (Lipinski definition) is 0. The van der Waals surface area contributed by atoms with Gasteiger partial charge in [0.2, 0.25) is 0 Å². The van der Waals surface area contributed by atoms with Gasteiger partial charge < -0.3 is 9.64 Å². The van der Waals surface area contributed by atoms with Gasteiger partial charge in [-0.05, 0) is 35.9 Å². The molecule has 0 fully saturated rings. The van der Waals surface area contributed by atoms with Crippen molar-refractivity contribution in [2.45, 2.75) is 19.3 Å². The third-order valence-electron chi connectivity index (χ3n) is 7.45. The average molecular weight is 519 g/mol. The molecule has 2 aliphatic heterocycles. The SMILES string of the molecule is COc1ccccc1N=P1(c2ccccc2)/C(=C2\N(C)c3ccccc3C2(C)C)C=NN1c1ccccc1. The van der Waals surface area contributed by atoms with E-state index < -0.39 is 7.21 Å². The van der Waals surface area contributed by atoms with Gasteiger partial charge in [0.25, 0.3) is 0 Å². The number of rotatable bonds is 4. The molecule has 0 bridgehead atoms. The summed E-state index contributed by atoms with van der Waals surface area (Å²) in [5, 5.41) is 7.39. The van der Waals surface area contributed by atoms with Crippen molar-refractivity contribution in [3.63, 3.8) is 0 Å². The van der Waals surface area contributed by atoms with Crippen molar-refractivity contribution < 1.29 is 4.74 Å². The summed E-state index contributed by atoms with van der Waals surface area (Å²) in [7, 11) is 1.16. The Morgan fingerprint density at radius 3 is 2.13 bits per heavy atom. The van der Waals surface area contributed by atoms with Crippen LogP contribution in [0.2, 0.25) is 0 Å². The van der Waals surface area contributed by atoms with Crippen molar-refractivity contribution in [3.05, 3.63) is 126 Å². The first-order chi connectivity index (χ1) is 18.5. The number of likely N-dealkylation sites (N-methyl/N-ethyl adjacent to an activating group) is 1. The molecule has 4 aromatic rings. The Morgan fingerprint density at radius 1 is 0.789 bits per heavy atom. The van der Waals surface area contributed by atoms with Crippen LogP contribution in [-0.2, 0) is 5.41 Å². The molecule has 0 saturated carbocycles. The highest BCUT2D eigenvalue weighted by molar-refractivity contribution is 7.80. The lowest BCUT2D eigenvalue weighted by atomic mass is 9.84. The number of hydrogen-bond acceptors (Lipinski definition) is 4. The maximum atomic E-state index is 5.79. The number of hydrazone groups is 1. The molecule has 0 aromatic heterocycles. The summed E-state index contributed by atoms with van der Waals surface area (Å²) in [6.07, 6.45) is 2.05. The van der Waals surface area contributed by atoms with E-state index in [1.807, 2.05) is 36.5 Å². The number of fused-ring (bicyclic) bond motifs is 1. The van der Waals surface area contributed by atoms with E-state index in [1.165, 1.54) is 16.9 Å². The normalized spacial score (nSPS) is 21.5. The molecule has 6 heteroatoms. The van der Waals surface area contributed by atoms with Gasteiger partial charge in [0.1, 0.15) is 18.6 Å². The summed E-state index contributed by atoms with van der Waals surface area (Å²) >= 11 is 0. The van der Waals surface area contributed by atoms with Gasteiger partial charge >= 0.3 is 0 Å². The van der Waals surface area contributed by atoms with Crippen LogP contribution in [0.4, 0.5) is 17.1 Å². The Kier molecular flexibility index (Phi) is 5.97. The smallest absolute Gasteiger partial charge is 0.144 e. The summed E-state index contributed by atoms with van der Waals surface area (Å²) < 4.78 is 13.6. The number of para-hydroxylation sites is 3. The summed E-state index contributed by atoms with van der Waals surface area (Å²) in [6, 6.07) is 37.7. The minimum absolute atomic E-state index is 0.240. The Labute approximate surface area is 224 Å². The van der Waals surface area contributed by atoms with Gasteiger partial charge in [0.15, 0.2) is 0 Å². The highest BCUT2D eigenvalue weighted by atomic mass is 31.2. The van der Waals surface area contributed by atoms with E-state index in [2.05, 4.69) is 109 Å². The van der Waals surface area contributed by atoms with Gasteiger partial charge in [-0.2, -0.15) is 5.10 Å². The largest absolute Gasteiger partial charge is 0.494 e. The van der Waals surface area contributed by atoms with Crippen LogP contribution in [0.1, 0.15) is 19.4 Å². The Bertz CT molecular complexity index is 1610. The molecule has 0 spiro atoms. The highest BCUT2D eigenvalue weighted by Gasteiger charge is 2.47. The van der Waals surface area contributed by atoms with Crippen LogP contribution in [0.3, 0.4) is 0 Å². The van der Waals surface area contributed by atoms with Crippen molar-refractivity contribution in [1.29, 1.82) is 0 Å². The zero-order chi connectivity index (χ0) is 26.3. The van der Waals surface area contributed by atoms with E-state index in [-0.39, 0.29) is 5.41 Å². The van der Waals surface area contributed by atoms with Crippen molar-refractivity contribution in [1.82, 2.24) is 0 Å². The molecular formula is C32H31N4OP. The average Bonchev–Trinajstić information content (AvgIpc) is 3.42. The first-order valence-corrected chi connectivity index (χ1v) is 14.5. The van der Waals surface area contributed by atoms with Crippen LogP contribution in [0, 0.1) is 0 Å². The van der Waals surface area contributed by atoms with Crippen molar-refractivity contribution in [3.8, 4) is 5.75 Å². The molecule has 6 rings (SSSR count). The fourth-order valence-corrected chi connectivity index (χ4v) is 9.41. The Balaban J connectivity index is 1.76. The second-order valence-electron chi connectivity index (χ2n) is 10.0. The lowest BCUT2D eigenvalue weighted by Gasteiger charge is -2.35. The zero-order valence-corrected chi connectivity index (χ0v) is 23.0. The van der Waals surface area contributed by atoms with E-state index in [1.54, 1.807) is 7.11 Å². The number of nitrogens with zero attached hydrogens (tertiary/aromatic N) is 4. The van der Waals surface area contributed by atoms with Gasteiger partial charge in [-0.25, -0.2) is 9.52 Å². The van der Waals surface area contributed by atoms with Crippen molar-refractivity contribution in [2.75, 3.05) is 23.8 Å². The lowest BCUT2D eigenvalue weighted by molar-refractivity contribution is 0.416. The fraction of sp³-hybridized carbons (Fsp3) is 0.156. The van der Waals surface area contributed by atoms with E-state index >= 15 is 0 Å². The number of anilines is 2. The molecular weight excluding hydrogens is 487 g/mol. The summed E-state index contributed by atoms with van der Waals surface area (Å²) in [5.41, 5.74) is 5.32. The maximum absolute atomic E-state index is 5.79. The molecule has 0 amide bonds. The van der Waals surface area contributed by atoms with E-state index in [4.69, 9.17) is 14.6 Å². The van der Waals surface area contributed by atoms with Gasteiger partial charge in [-0.3, -0.25) is 0 Å². The summed E-state index contributed by atoms with van der Waals surface area (Å²) in [6.45, 7) is 4.61. The topological polar surface area (TPSA) is 40.4 Å². The molecule has 4 aromatic carbocycles. The van der Waals surface area contributed by atoms with Gasteiger partial charge in [0.05, 0.1) is 24.3 Å². The molecule has 38 heavy (non-hydrogen) atoms. The van der Waals surface area contributed by atoms with Gasteiger partial charge in [0, 0.05) is 29.2 Å². The number of ether oxygens (including phenoxy) is 1. The zero-order valence-electron chi connectivity index (χ0n) is 22.1. The van der Waals surface area contributed by atoms with Gasteiger partial charge in [-0.1, -0.05) is 92.7 Å². The van der Waals surface area contributed by atoms with Crippen LogP contribution in [0.15, 0.2) is 130 Å². The van der Waals surface area contributed by atoms with Gasteiger partial charge in [-0.15, -0.1) is 0 Å². The summed E-state index contributed by atoms with van der Waals surface area (Å²) in [4.78, 5) is 2.33. The molecule has 2 heterocycles. The third kappa shape index (κ3) is 3.61. The van der Waals surface area contributed by atoms with E-state index in [9.17, 15) is 0 Å². The first-order valence-electron chi connectivity index (χ1n) is 12.8. The minimum atomic E-state index is -2.70. The molecule has 0 aliphatic carbocycles. The molecule has 2 aliphatic rings. The number of benzene rings is 4. The minimum Gasteiger partial charge on any atom is -0.494 e. The molecule has 1 unspecified atom stereocenters. The molecule has 5 nitrogen and oxygen atoms in total. The molecule has 0 radical (unpaired) electrons. The van der Waals surface area contributed by atoms with Crippen molar-refractivity contribution >= 4 is 35.8 Å². The standard InChI is InChI=1S/C32H31N4OP/c1-32(2)26-19-11-13-21-28(26)35(3)31(32)30-23-33-36(24-15-7-5-8-16-24)38(30,25-17-9-6-10-18-25)34-27-20-12-14-22-29(27)37-4/h5-23H,1-4H3/b31-30-. The monoisotopic (exact) mass is 518 g/mol. The fourth-order valence-electron chi connectivity index (χ4n) is 5.73. The predicted molar refractivity (Wildman–Crippen MR) is 160 cm³/mol. The summed E-state index contributed by atoms with van der Waals surface area (Å²) in [5.74, 6) is 0.745. The van der Waals surface area contributed by atoms with E-state index in [0.29, 0.717) is 0 Å². The maximum Gasteiger partial charge on any atom is 0.144 e. The predicted octanol–water partition coefficient (Wildman–Crippen LogP) is 7.91. The van der Waals surface area contributed by atoms with Crippen LogP contribution >= 0.6 is 7.21 Å². The molecule has 0 saturated heterocycles. The number of methoxy groups -OCH3 is 1. The van der Waals surface area contributed by atoms with Crippen LogP contribution in [0.25, 0.3) is 0 Å². The molecule has 0 N–H and O–H groups in total. The Morgan fingerprint density at radius 2 is 1.42 bits per heavy atom. The third-order valence-corrected chi connectivity index (χ3v) is 10.9. The van der Waals surface area contributed by atoms with E-state index in [0.717, 1.165) is 27.7 Å². The quantitative estimate of drug-likeness (QED) is 0.258. The van der Waals surface area contributed by atoms with Crippen molar-refractivity contribution in [2.24, 2.45) is 9.85 Å². The second kappa shape index (κ2) is 9.34. The van der Waals surface area contributed by atoms with Crippen LogP contribution in [-0.4, -0.2) is 20.4 Å². The Hall–Kier alpha value is -4.08. The van der Waals surface area contributed by atoms with Crippen LogP contribution < -0.4 is 19.7 Å². The highest BCUT2D eigenvalue weighted by Crippen LogP contribution is 2.68. The molecule has 1 atom stereocenters.